The van der Waals surface area contributed by atoms with Crippen LogP contribution in [-0.4, -0.2) is 11.1 Å². The molecule has 0 unspecified atom stereocenters. The molecule has 6 heteroatoms. The van der Waals surface area contributed by atoms with Crippen molar-refractivity contribution in [3.05, 3.63) is 99.3 Å². The first-order valence-corrected chi connectivity index (χ1v) is 9.38. The van der Waals surface area contributed by atoms with Crippen LogP contribution in [0, 0.1) is 17.1 Å². The monoisotopic (exact) mass is 451 g/mol. The van der Waals surface area contributed by atoms with E-state index in [-0.39, 0.29) is 12.2 Å². The van der Waals surface area contributed by atoms with Crippen molar-refractivity contribution in [3.63, 3.8) is 0 Å². The van der Waals surface area contributed by atoms with Gasteiger partial charge < -0.3 is 9.84 Å². The molecule has 0 aromatic heterocycles. The van der Waals surface area contributed by atoms with Gasteiger partial charge in [-0.15, -0.1) is 0 Å². The molecule has 0 atom stereocenters. The van der Waals surface area contributed by atoms with E-state index in [1.165, 1.54) is 24.3 Å². The van der Waals surface area contributed by atoms with Crippen molar-refractivity contribution < 1.29 is 19.0 Å². The normalized spacial score (nSPS) is 11.0. The summed E-state index contributed by atoms with van der Waals surface area (Å²) in [5, 5.41) is 18.5. The third-order valence-corrected chi connectivity index (χ3v) is 4.62. The Bertz CT molecular complexity index is 1120. The van der Waals surface area contributed by atoms with E-state index in [9.17, 15) is 14.4 Å². The van der Waals surface area contributed by atoms with Gasteiger partial charge in [-0.3, -0.25) is 0 Å². The first kappa shape index (κ1) is 20.3. The molecule has 144 valence electrons. The number of rotatable bonds is 6. The van der Waals surface area contributed by atoms with Crippen LogP contribution >= 0.6 is 15.9 Å². The maximum Gasteiger partial charge on any atom is 0.335 e. The molecule has 0 bridgehead atoms. The van der Waals surface area contributed by atoms with Crippen molar-refractivity contribution in [2.24, 2.45) is 0 Å². The number of ether oxygens (including phenoxy) is 1. The van der Waals surface area contributed by atoms with Gasteiger partial charge in [-0.05, 0) is 59.7 Å². The van der Waals surface area contributed by atoms with E-state index in [4.69, 9.17) is 9.84 Å². The second kappa shape index (κ2) is 9.18. The smallest absolute Gasteiger partial charge is 0.335 e. The molecule has 0 spiro atoms. The lowest BCUT2D eigenvalue weighted by Gasteiger charge is -2.11. The molecule has 29 heavy (non-hydrogen) atoms. The summed E-state index contributed by atoms with van der Waals surface area (Å²) < 4.78 is 20.2. The fourth-order valence-corrected chi connectivity index (χ4v) is 3.04. The van der Waals surface area contributed by atoms with Gasteiger partial charge in [0.2, 0.25) is 0 Å². The maximum atomic E-state index is 13.5. The fraction of sp³-hybridized carbons (Fsp3) is 0.0435. The Kier molecular flexibility index (Phi) is 6.43. The first-order valence-electron chi connectivity index (χ1n) is 8.58. The summed E-state index contributed by atoms with van der Waals surface area (Å²) in [6, 6.07) is 19.7. The zero-order valence-electron chi connectivity index (χ0n) is 15.1. The number of carboxylic acids is 1. The summed E-state index contributed by atoms with van der Waals surface area (Å²) in [4.78, 5) is 10.9. The van der Waals surface area contributed by atoms with Crippen LogP contribution in [0.1, 0.15) is 27.0 Å². The molecule has 0 saturated carbocycles. The van der Waals surface area contributed by atoms with Crippen molar-refractivity contribution in [1.29, 1.82) is 5.26 Å². The van der Waals surface area contributed by atoms with E-state index < -0.39 is 11.8 Å². The molecule has 0 saturated heterocycles. The van der Waals surface area contributed by atoms with Gasteiger partial charge in [-0.1, -0.05) is 40.2 Å². The van der Waals surface area contributed by atoms with Crippen molar-refractivity contribution >= 4 is 33.5 Å². The van der Waals surface area contributed by atoms with Crippen LogP contribution in [0.4, 0.5) is 4.39 Å². The molecule has 0 amide bonds. The Morgan fingerprint density at radius 1 is 1.10 bits per heavy atom. The number of nitriles is 1. The minimum atomic E-state index is -0.987. The number of carbonyl (C=O) groups is 1. The lowest BCUT2D eigenvalue weighted by Crippen LogP contribution is -2.00. The number of carboxylic acid groups (broad SMARTS) is 1. The average Bonchev–Trinajstić information content (AvgIpc) is 2.71. The summed E-state index contributed by atoms with van der Waals surface area (Å²) in [7, 11) is 0. The molecule has 3 aromatic carbocycles. The van der Waals surface area contributed by atoms with Crippen LogP contribution in [0.25, 0.3) is 11.6 Å². The van der Waals surface area contributed by atoms with E-state index in [0.717, 1.165) is 10.0 Å². The first-order chi connectivity index (χ1) is 14.0. The second-order valence-electron chi connectivity index (χ2n) is 6.15. The van der Waals surface area contributed by atoms with Gasteiger partial charge in [0.15, 0.2) is 0 Å². The van der Waals surface area contributed by atoms with Crippen LogP contribution in [-0.2, 0) is 6.61 Å². The van der Waals surface area contributed by atoms with Crippen LogP contribution < -0.4 is 4.74 Å². The summed E-state index contributed by atoms with van der Waals surface area (Å²) in [5.74, 6) is -0.863. The average molecular weight is 452 g/mol. The molecule has 3 rings (SSSR count). The molecular weight excluding hydrogens is 437 g/mol. The largest absolute Gasteiger partial charge is 0.488 e. The predicted molar refractivity (Wildman–Crippen MR) is 112 cm³/mol. The molecule has 0 aliphatic heterocycles. The van der Waals surface area contributed by atoms with Crippen molar-refractivity contribution in [3.8, 4) is 11.8 Å². The van der Waals surface area contributed by atoms with Crippen LogP contribution in [0.2, 0.25) is 0 Å². The molecule has 0 aliphatic carbocycles. The molecule has 0 fully saturated rings. The highest BCUT2D eigenvalue weighted by Gasteiger charge is 2.08. The van der Waals surface area contributed by atoms with Crippen LogP contribution in [0.3, 0.4) is 0 Å². The third kappa shape index (κ3) is 5.31. The molecule has 0 aliphatic rings. The number of benzene rings is 3. The molecular formula is C23H15BrFNO3. The summed E-state index contributed by atoms with van der Waals surface area (Å²) in [6.07, 6.45) is 1.64. The fourth-order valence-electron chi connectivity index (χ4n) is 2.66. The standard InChI is InChI=1S/C23H15BrFNO3/c24-20-8-9-22(29-14-15-4-6-16(7-5-15)23(27)28)18(11-20)10-19(13-26)17-2-1-3-21(25)12-17/h1-12H,14H2,(H,27,28)/b19-10-. The second-order valence-corrected chi connectivity index (χ2v) is 7.07. The lowest BCUT2D eigenvalue weighted by atomic mass is 10.0. The van der Waals surface area contributed by atoms with Crippen molar-refractivity contribution in [2.45, 2.75) is 6.61 Å². The Balaban J connectivity index is 1.87. The van der Waals surface area contributed by atoms with Gasteiger partial charge >= 0.3 is 5.97 Å². The van der Waals surface area contributed by atoms with Gasteiger partial charge in [-0.2, -0.15) is 5.26 Å². The number of allylic oxidation sites excluding steroid dienone is 1. The highest BCUT2D eigenvalue weighted by atomic mass is 79.9. The zero-order chi connectivity index (χ0) is 20.8. The zero-order valence-corrected chi connectivity index (χ0v) is 16.7. The molecule has 3 aromatic rings. The van der Waals surface area contributed by atoms with E-state index >= 15 is 0 Å². The van der Waals surface area contributed by atoms with Crippen molar-refractivity contribution in [2.75, 3.05) is 0 Å². The molecule has 0 radical (unpaired) electrons. The maximum absolute atomic E-state index is 13.5. The van der Waals surface area contributed by atoms with Crippen LogP contribution in [0.5, 0.6) is 5.75 Å². The third-order valence-electron chi connectivity index (χ3n) is 4.12. The molecule has 4 nitrogen and oxygen atoms in total. The minimum Gasteiger partial charge on any atom is -0.488 e. The lowest BCUT2D eigenvalue weighted by molar-refractivity contribution is 0.0697. The number of aromatic carboxylic acids is 1. The summed E-state index contributed by atoms with van der Waals surface area (Å²) in [5.41, 5.74) is 2.44. The predicted octanol–water partition coefficient (Wildman–Crippen LogP) is 5.93. The van der Waals surface area contributed by atoms with Crippen molar-refractivity contribution in [1.82, 2.24) is 0 Å². The Labute approximate surface area is 175 Å². The Hall–Kier alpha value is -3.43. The quantitative estimate of drug-likeness (QED) is 0.372. The molecule has 1 N–H and O–H groups in total. The van der Waals surface area contributed by atoms with E-state index in [0.29, 0.717) is 22.4 Å². The SMILES string of the molecule is N#C/C(=C/c1cc(Br)ccc1OCc1ccc(C(=O)O)cc1)c1cccc(F)c1. The highest BCUT2D eigenvalue weighted by Crippen LogP contribution is 2.28. The van der Waals surface area contributed by atoms with Gasteiger partial charge in [0.25, 0.3) is 0 Å². The summed E-state index contributed by atoms with van der Waals surface area (Å²) in [6.45, 7) is 0.226. The number of hydrogen-bond donors (Lipinski definition) is 1. The topological polar surface area (TPSA) is 70.3 Å². The summed E-state index contributed by atoms with van der Waals surface area (Å²) >= 11 is 3.41. The van der Waals surface area contributed by atoms with Gasteiger partial charge in [0.05, 0.1) is 17.2 Å². The van der Waals surface area contributed by atoms with Gasteiger partial charge in [0, 0.05) is 10.0 Å². The Morgan fingerprint density at radius 2 is 1.86 bits per heavy atom. The van der Waals surface area contributed by atoms with Gasteiger partial charge in [-0.25, -0.2) is 9.18 Å². The molecule has 0 heterocycles. The highest BCUT2D eigenvalue weighted by molar-refractivity contribution is 9.10. The minimum absolute atomic E-state index is 0.203. The number of nitrogens with zero attached hydrogens (tertiary/aromatic N) is 1. The van der Waals surface area contributed by atoms with E-state index in [2.05, 4.69) is 22.0 Å². The number of hydrogen-bond acceptors (Lipinski definition) is 3. The Morgan fingerprint density at radius 3 is 2.52 bits per heavy atom. The van der Waals surface area contributed by atoms with Crippen LogP contribution in [0.15, 0.2) is 71.2 Å². The van der Waals surface area contributed by atoms with Gasteiger partial charge in [0.1, 0.15) is 18.2 Å². The van der Waals surface area contributed by atoms with E-state index in [1.54, 1.807) is 42.5 Å². The van der Waals surface area contributed by atoms with E-state index in [1.807, 2.05) is 6.07 Å². The number of halogens is 2.